The van der Waals surface area contributed by atoms with Crippen molar-refractivity contribution in [2.75, 3.05) is 13.2 Å². The summed E-state index contributed by atoms with van der Waals surface area (Å²) in [4.78, 5) is 25.1. The Hall–Kier alpha value is -1.38. The monoisotopic (exact) mass is 448 g/mol. The fourth-order valence-electron chi connectivity index (χ4n) is 2.57. The number of carbonyl (C=O) groups is 2. The molecule has 2 heterocycles. The first-order chi connectivity index (χ1) is 13.0. The highest BCUT2D eigenvalue weighted by molar-refractivity contribution is 7.11. The van der Waals surface area contributed by atoms with Crippen molar-refractivity contribution in [1.82, 2.24) is 9.69 Å². The first-order valence-electron chi connectivity index (χ1n) is 8.12. The average Bonchev–Trinajstić information content (AvgIpc) is 3.29. The van der Waals surface area contributed by atoms with Gasteiger partial charge in [-0.15, -0.1) is 0 Å². The number of hydrogen-bond donors (Lipinski definition) is 1. The van der Waals surface area contributed by atoms with Crippen molar-refractivity contribution in [1.29, 1.82) is 0 Å². The minimum Gasteiger partial charge on any atom is -0.442 e. The maximum Gasteiger partial charge on any atom is 0.360 e. The van der Waals surface area contributed by atoms with Crippen molar-refractivity contribution in [3.8, 4) is 0 Å². The molecule has 1 aliphatic heterocycles. The Balaban J connectivity index is 1.76. The number of rotatable bonds is 6. The van der Waals surface area contributed by atoms with Gasteiger partial charge in [-0.25, -0.2) is 4.79 Å². The molecule has 3 rings (SSSR count). The summed E-state index contributed by atoms with van der Waals surface area (Å²) in [5.74, 6) is -1.31. The van der Waals surface area contributed by atoms with Crippen LogP contribution in [0.4, 0.5) is 0 Å². The molecule has 2 atom stereocenters. The van der Waals surface area contributed by atoms with E-state index in [9.17, 15) is 9.59 Å². The Morgan fingerprint density at radius 3 is 2.63 bits per heavy atom. The highest BCUT2D eigenvalue weighted by Gasteiger charge is 2.29. The van der Waals surface area contributed by atoms with Crippen molar-refractivity contribution in [2.45, 2.75) is 25.0 Å². The van der Waals surface area contributed by atoms with Gasteiger partial charge in [0, 0.05) is 23.7 Å². The molecule has 10 heteroatoms. The van der Waals surface area contributed by atoms with Gasteiger partial charge in [-0.05, 0) is 36.5 Å². The molecule has 6 nitrogen and oxygen atoms in total. The molecular weight excluding hydrogens is 435 g/mol. The van der Waals surface area contributed by atoms with Crippen LogP contribution in [-0.4, -0.2) is 35.5 Å². The fourth-order valence-corrected chi connectivity index (χ4v) is 3.68. The van der Waals surface area contributed by atoms with Crippen LogP contribution in [0.3, 0.4) is 0 Å². The molecule has 1 saturated heterocycles. The number of aromatic nitrogens is 1. The molecule has 1 amide bonds. The van der Waals surface area contributed by atoms with Gasteiger partial charge in [-0.3, -0.25) is 4.79 Å². The van der Waals surface area contributed by atoms with Crippen LogP contribution in [0.5, 0.6) is 0 Å². The number of esters is 1. The summed E-state index contributed by atoms with van der Waals surface area (Å²) < 4.78 is 14.9. The minimum atomic E-state index is -1.19. The van der Waals surface area contributed by atoms with E-state index in [4.69, 9.17) is 44.3 Å². The van der Waals surface area contributed by atoms with Crippen LogP contribution in [-0.2, 0) is 14.3 Å². The first-order valence-corrected chi connectivity index (χ1v) is 10.0. The predicted molar refractivity (Wildman–Crippen MR) is 104 cm³/mol. The summed E-state index contributed by atoms with van der Waals surface area (Å²) in [6.07, 6.45) is 0.604. The zero-order valence-electron chi connectivity index (χ0n) is 13.9. The van der Waals surface area contributed by atoms with Gasteiger partial charge in [0.25, 0.3) is 5.91 Å². The smallest absolute Gasteiger partial charge is 0.360 e. The molecule has 0 radical (unpaired) electrons. The fraction of sp³-hybridized carbons (Fsp3) is 0.353. The largest absolute Gasteiger partial charge is 0.442 e. The van der Waals surface area contributed by atoms with Crippen molar-refractivity contribution in [2.24, 2.45) is 0 Å². The van der Waals surface area contributed by atoms with Crippen LogP contribution in [0.2, 0.25) is 14.4 Å². The lowest BCUT2D eigenvalue weighted by molar-refractivity contribution is -0.130. The Labute approximate surface area is 174 Å². The lowest BCUT2D eigenvalue weighted by atomic mass is 10.1. The molecule has 1 aromatic carbocycles. The predicted octanol–water partition coefficient (Wildman–Crippen LogP) is 4.30. The Bertz CT molecular complexity index is 822. The summed E-state index contributed by atoms with van der Waals surface area (Å²) in [7, 11) is 0. The van der Waals surface area contributed by atoms with Crippen LogP contribution in [0.1, 0.15) is 35.0 Å². The van der Waals surface area contributed by atoms with Gasteiger partial charge >= 0.3 is 5.97 Å². The molecule has 0 aliphatic carbocycles. The normalized spacial score (nSPS) is 17.5. The van der Waals surface area contributed by atoms with Crippen LogP contribution in [0.25, 0.3) is 0 Å². The standard InChI is InChI=1S/C17H15Cl3N2O4S/c18-10-5-3-9(4-6-10)14(16(23)21-8-11-2-1-7-25-11)26-17(24)13-12(19)15(20)27-22-13/h3-6,11,14H,1-2,7-8H2,(H,21,23). The summed E-state index contributed by atoms with van der Waals surface area (Å²) >= 11 is 18.6. The third-order valence-electron chi connectivity index (χ3n) is 3.95. The number of ether oxygens (including phenoxy) is 2. The SMILES string of the molecule is O=C(OC(C(=O)NCC1CCCO1)c1ccc(Cl)cc1)c1nsc(Cl)c1Cl. The molecular formula is C17H15Cl3N2O4S. The topological polar surface area (TPSA) is 77.5 Å². The zero-order valence-corrected chi connectivity index (χ0v) is 17.0. The van der Waals surface area contributed by atoms with E-state index < -0.39 is 18.0 Å². The zero-order chi connectivity index (χ0) is 19.4. The Kier molecular flexibility index (Phi) is 6.94. The van der Waals surface area contributed by atoms with Gasteiger partial charge in [0.05, 0.1) is 6.10 Å². The lowest BCUT2D eigenvalue weighted by Gasteiger charge is -2.19. The molecule has 27 heavy (non-hydrogen) atoms. The third kappa shape index (κ3) is 5.12. The maximum absolute atomic E-state index is 12.7. The molecule has 1 aliphatic rings. The Morgan fingerprint density at radius 2 is 2.04 bits per heavy atom. The highest BCUT2D eigenvalue weighted by atomic mass is 35.5. The van der Waals surface area contributed by atoms with Gasteiger partial charge < -0.3 is 14.8 Å². The molecule has 144 valence electrons. The number of benzene rings is 1. The van der Waals surface area contributed by atoms with Gasteiger partial charge in [-0.1, -0.05) is 46.9 Å². The molecule has 2 aromatic rings. The summed E-state index contributed by atoms with van der Waals surface area (Å²) in [6.45, 7) is 1.02. The molecule has 2 unspecified atom stereocenters. The molecule has 0 spiro atoms. The van der Waals surface area contributed by atoms with E-state index in [1.165, 1.54) is 0 Å². The van der Waals surface area contributed by atoms with Gasteiger partial charge in [0.1, 0.15) is 9.36 Å². The van der Waals surface area contributed by atoms with Crippen LogP contribution < -0.4 is 5.32 Å². The van der Waals surface area contributed by atoms with E-state index >= 15 is 0 Å². The quantitative estimate of drug-likeness (QED) is 0.665. The molecule has 1 aromatic heterocycles. The number of amides is 1. The van der Waals surface area contributed by atoms with Gasteiger partial charge in [-0.2, -0.15) is 4.37 Å². The number of halogens is 3. The molecule has 1 N–H and O–H groups in total. The van der Waals surface area contributed by atoms with E-state index in [1.807, 2.05) is 0 Å². The maximum atomic E-state index is 12.7. The van der Waals surface area contributed by atoms with E-state index in [0.717, 1.165) is 24.4 Å². The molecule has 0 saturated carbocycles. The van der Waals surface area contributed by atoms with E-state index in [0.29, 0.717) is 23.7 Å². The van der Waals surface area contributed by atoms with E-state index in [1.54, 1.807) is 24.3 Å². The summed E-state index contributed by atoms with van der Waals surface area (Å²) in [5, 5.41) is 3.26. The van der Waals surface area contributed by atoms with E-state index in [2.05, 4.69) is 9.69 Å². The molecule has 1 fully saturated rings. The van der Waals surface area contributed by atoms with Crippen molar-refractivity contribution in [3.05, 3.63) is 49.9 Å². The van der Waals surface area contributed by atoms with E-state index in [-0.39, 0.29) is 21.2 Å². The van der Waals surface area contributed by atoms with Crippen molar-refractivity contribution >= 4 is 58.2 Å². The van der Waals surface area contributed by atoms with Gasteiger partial charge in [0.2, 0.25) is 6.10 Å². The second-order valence-corrected chi connectivity index (χ2v) is 8.03. The molecule has 0 bridgehead atoms. The lowest BCUT2D eigenvalue weighted by Crippen LogP contribution is -2.37. The minimum absolute atomic E-state index is 0.00119. The van der Waals surface area contributed by atoms with Crippen LogP contribution in [0, 0.1) is 0 Å². The summed E-state index contributed by atoms with van der Waals surface area (Å²) in [5.41, 5.74) is 0.340. The number of nitrogens with zero attached hydrogens (tertiary/aromatic N) is 1. The average molecular weight is 450 g/mol. The number of nitrogens with one attached hydrogen (secondary N) is 1. The Morgan fingerprint density at radius 1 is 1.30 bits per heavy atom. The third-order valence-corrected chi connectivity index (χ3v) is 5.82. The van der Waals surface area contributed by atoms with Crippen molar-refractivity contribution < 1.29 is 19.1 Å². The second-order valence-electron chi connectivity index (χ2n) is 5.84. The van der Waals surface area contributed by atoms with Crippen molar-refractivity contribution in [3.63, 3.8) is 0 Å². The van der Waals surface area contributed by atoms with Crippen LogP contribution in [0.15, 0.2) is 24.3 Å². The first kappa shape index (κ1) is 20.4. The number of hydrogen-bond acceptors (Lipinski definition) is 6. The second kappa shape index (κ2) is 9.21. The summed E-state index contributed by atoms with van der Waals surface area (Å²) in [6, 6.07) is 6.44. The number of carbonyl (C=O) groups excluding carboxylic acids is 2. The highest BCUT2D eigenvalue weighted by Crippen LogP contribution is 2.31. The van der Waals surface area contributed by atoms with Gasteiger partial charge in [0.15, 0.2) is 5.69 Å². The van der Waals surface area contributed by atoms with Crippen LogP contribution >= 0.6 is 46.3 Å².